The van der Waals surface area contributed by atoms with Gasteiger partial charge in [0.25, 0.3) is 0 Å². The fourth-order valence-corrected chi connectivity index (χ4v) is 4.03. The molecule has 4 rings (SSSR count). The van der Waals surface area contributed by atoms with Crippen LogP contribution < -0.4 is 10.4 Å². The van der Waals surface area contributed by atoms with Crippen LogP contribution >= 0.6 is 11.6 Å². The van der Waals surface area contributed by atoms with Crippen molar-refractivity contribution in [1.82, 2.24) is 19.6 Å². The van der Waals surface area contributed by atoms with Gasteiger partial charge in [0.2, 0.25) is 10.0 Å². The maximum Gasteiger partial charge on any atom is 0.348 e. The number of benzene rings is 2. The van der Waals surface area contributed by atoms with E-state index in [-0.39, 0.29) is 5.69 Å². The van der Waals surface area contributed by atoms with Gasteiger partial charge in [-0.1, -0.05) is 17.7 Å². The third-order valence-corrected chi connectivity index (χ3v) is 5.23. The first kappa shape index (κ1) is 18.5. The number of rotatable bonds is 3. The van der Waals surface area contributed by atoms with Crippen LogP contribution in [0.3, 0.4) is 0 Å². The number of nitrogens with zero attached hydrogens (tertiary/aromatic N) is 3. The Bertz CT molecular complexity index is 1420. The highest BCUT2D eigenvalue weighted by atomic mass is 35.5. The van der Waals surface area contributed by atoms with Gasteiger partial charge in [-0.3, -0.25) is 4.72 Å². The van der Waals surface area contributed by atoms with E-state index >= 15 is 0 Å². The average molecular weight is 418 g/mol. The molecule has 0 spiro atoms. The molecule has 0 aliphatic rings. The van der Waals surface area contributed by atoms with Crippen molar-refractivity contribution < 1.29 is 8.42 Å². The molecule has 8 nitrogen and oxygen atoms in total. The van der Waals surface area contributed by atoms with E-state index in [0.717, 1.165) is 22.9 Å². The summed E-state index contributed by atoms with van der Waals surface area (Å²) in [6.45, 7) is 3.58. The summed E-state index contributed by atoms with van der Waals surface area (Å²) < 4.78 is 26.6. The molecule has 0 unspecified atom stereocenters. The van der Waals surface area contributed by atoms with Crippen molar-refractivity contribution in [3.8, 4) is 11.1 Å². The standard InChI is InChI=1S/C18H16ClN5O3S/c1-9-6-11(23-28(3,26)27)4-5-12(9)13-7-14-16(8-15(13)19)21-18(25)24-17(14)20-10(2)22-24/h4-8,23H,1-3H3,(H,21,25). The number of H-pyrrole nitrogens is 1. The number of hydrogen-bond donors (Lipinski definition) is 2. The predicted molar refractivity (Wildman–Crippen MR) is 110 cm³/mol. The van der Waals surface area contributed by atoms with Crippen LogP contribution in [0.5, 0.6) is 0 Å². The van der Waals surface area contributed by atoms with Crippen molar-refractivity contribution in [3.05, 3.63) is 57.2 Å². The van der Waals surface area contributed by atoms with Gasteiger partial charge >= 0.3 is 5.69 Å². The Morgan fingerprint density at radius 2 is 1.89 bits per heavy atom. The highest BCUT2D eigenvalue weighted by Crippen LogP contribution is 2.35. The van der Waals surface area contributed by atoms with Crippen LogP contribution in [0, 0.1) is 13.8 Å². The van der Waals surface area contributed by atoms with Crippen molar-refractivity contribution in [1.29, 1.82) is 0 Å². The smallest absolute Gasteiger partial charge is 0.305 e. The Morgan fingerprint density at radius 1 is 1.14 bits per heavy atom. The number of nitrogens with one attached hydrogen (secondary N) is 2. The minimum Gasteiger partial charge on any atom is -0.305 e. The quantitative estimate of drug-likeness (QED) is 0.532. The summed E-state index contributed by atoms with van der Waals surface area (Å²) in [5.41, 5.74) is 3.51. The second-order valence-corrected chi connectivity index (χ2v) is 8.76. The lowest BCUT2D eigenvalue weighted by molar-refractivity contribution is 0.607. The summed E-state index contributed by atoms with van der Waals surface area (Å²) in [5, 5.41) is 5.27. The highest BCUT2D eigenvalue weighted by molar-refractivity contribution is 7.92. The van der Waals surface area contributed by atoms with Gasteiger partial charge in [-0.2, -0.15) is 4.52 Å². The molecule has 4 aromatic rings. The molecule has 0 radical (unpaired) electrons. The van der Waals surface area contributed by atoms with Crippen molar-refractivity contribution >= 4 is 43.9 Å². The molecule has 0 atom stereocenters. The van der Waals surface area contributed by atoms with Gasteiger partial charge in [-0.15, -0.1) is 5.10 Å². The second-order valence-electron chi connectivity index (χ2n) is 6.61. The lowest BCUT2D eigenvalue weighted by Crippen LogP contribution is -2.17. The Labute approximate surface area is 165 Å². The molecule has 144 valence electrons. The van der Waals surface area contributed by atoms with E-state index in [2.05, 4.69) is 19.8 Å². The largest absolute Gasteiger partial charge is 0.348 e. The molecular formula is C18H16ClN5O3S. The van der Waals surface area contributed by atoms with Gasteiger partial charge in [0, 0.05) is 16.6 Å². The zero-order valence-electron chi connectivity index (χ0n) is 15.2. The molecule has 0 saturated heterocycles. The van der Waals surface area contributed by atoms with E-state index in [0.29, 0.717) is 33.1 Å². The molecule has 2 N–H and O–H groups in total. The van der Waals surface area contributed by atoms with E-state index in [4.69, 9.17) is 11.6 Å². The Kier molecular flexibility index (Phi) is 4.16. The topological polar surface area (TPSA) is 109 Å². The maximum atomic E-state index is 12.2. The molecule has 2 aromatic heterocycles. The average Bonchev–Trinajstić information content (AvgIpc) is 2.96. The van der Waals surface area contributed by atoms with Crippen LogP contribution in [0.15, 0.2) is 35.1 Å². The van der Waals surface area contributed by atoms with E-state index in [1.54, 1.807) is 31.2 Å². The summed E-state index contributed by atoms with van der Waals surface area (Å²) in [6, 6.07) is 8.74. The van der Waals surface area contributed by atoms with Crippen molar-refractivity contribution in [2.45, 2.75) is 13.8 Å². The van der Waals surface area contributed by atoms with Gasteiger partial charge in [0.1, 0.15) is 5.82 Å². The van der Waals surface area contributed by atoms with E-state index in [1.165, 1.54) is 4.52 Å². The Balaban J connectivity index is 1.94. The number of anilines is 1. The number of fused-ring (bicyclic) bond motifs is 3. The van der Waals surface area contributed by atoms with Crippen LogP contribution in [-0.2, 0) is 10.0 Å². The number of aryl methyl sites for hydroxylation is 2. The number of aromatic amines is 1. The number of aromatic nitrogens is 4. The number of sulfonamides is 1. The molecule has 0 amide bonds. The van der Waals surface area contributed by atoms with Crippen LogP contribution in [0.25, 0.3) is 27.7 Å². The van der Waals surface area contributed by atoms with E-state index in [1.807, 2.05) is 13.0 Å². The van der Waals surface area contributed by atoms with Crippen molar-refractivity contribution in [2.24, 2.45) is 0 Å². The van der Waals surface area contributed by atoms with Crippen LogP contribution in [0.4, 0.5) is 5.69 Å². The molecule has 0 saturated carbocycles. The molecule has 0 fully saturated rings. The molecule has 2 heterocycles. The summed E-state index contributed by atoms with van der Waals surface area (Å²) in [5.74, 6) is 0.488. The molecule has 10 heteroatoms. The monoisotopic (exact) mass is 417 g/mol. The van der Waals surface area contributed by atoms with Crippen molar-refractivity contribution in [3.63, 3.8) is 0 Å². The lowest BCUT2D eigenvalue weighted by Gasteiger charge is -2.12. The SMILES string of the molecule is Cc1nc2c3cc(-c4ccc(NS(C)(=O)=O)cc4C)c(Cl)cc3[nH]c(=O)n2n1. The third-order valence-electron chi connectivity index (χ3n) is 4.31. The fraction of sp³-hybridized carbons (Fsp3) is 0.167. The zero-order valence-corrected chi connectivity index (χ0v) is 16.8. The molecule has 2 aromatic carbocycles. The Morgan fingerprint density at radius 3 is 2.57 bits per heavy atom. The molecule has 28 heavy (non-hydrogen) atoms. The van der Waals surface area contributed by atoms with Gasteiger partial charge < -0.3 is 4.98 Å². The predicted octanol–water partition coefficient (Wildman–Crippen LogP) is 2.88. The van der Waals surface area contributed by atoms with Gasteiger partial charge in [-0.05, 0) is 49.2 Å². The molecule has 0 bridgehead atoms. The van der Waals surface area contributed by atoms with Crippen molar-refractivity contribution in [2.75, 3.05) is 11.0 Å². The van der Waals surface area contributed by atoms with Crippen LogP contribution in [-0.4, -0.2) is 34.3 Å². The first-order chi connectivity index (χ1) is 13.1. The molecule has 0 aliphatic heterocycles. The Hall–Kier alpha value is -2.91. The van der Waals surface area contributed by atoms with Crippen LogP contribution in [0.2, 0.25) is 5.02 Å². The first-order valence-electron chi connectivity index (χ1n) is 8.30. The summed E-state index contributed by atoms with van der Waals surface area (Å²) in [7, 11) is -3.36. The van der Waals surface area contributed by atoms with Crippen LogP contribution in [0.1, 0.15) is 11.4 Å². The molecule has 0 aliphatic carbocycles. The number of halogens is 1. The van der Waals surface area contributed by atoms with E-state index < -0.39 is 10.0 Å². The third kappa shape index (κ3) is 3.23. The van der Waals surface area contributed by atoms with E-state index in [9.17, 15) is 13.2 Å². The second kappa shape index (κ2) is 6.32. The lowest BCUT2D eigenvalue weighted by atomic mass is 9.98. The van der Waals surface area contributed by atoms with Gasteiger partial charge in [0.15, 0.2) is 5.65 Å². The summed E-state index contributed by atoms with van der Waals surface area (Å²) in [4.78, 5) is 19.3. The van der Waals surface area contributed by atoms with Gasteiger partial charge in [-0.25, -0.2) is 18.2 Å². The fourth-order valence-electron chi connectivity index (χ4n) is 3.21. The minimum atomic E-state index is -3.36. The molecular weight excluding hydrogens is 402 g/mol. The van der Waals surface area contributed by atoms with Gasteiger partial charge in [0.05, 0.1) is 16.8 Å². The normalized spacial score (nSPS) is 12.0. The highest BCUT2D eigenvalue weighted by Gasteiger charge is 2.15. The maximum absolute atomic E-state index is 12.2. The zero-order chi connectivity index (χ0) is 20.2. The summed E-state index contributed by atoms with van der Waals surface area (Å²) >= 11 is 6.49. The summed E-state index contributed by atoms with van der Waals surface area (Å²) in [6.07, 6.45) is 1.10. The minimum absolute atomic E-state index is 0.390. The first-order valence-corrected chi connectivity index (χ1v) is 10.6. The number of hydrogen-bond acceptors (Lipinski definition) is 5.